The number of carboxylic acid groups (broad SMARTS) is 1. The molecule has 0 fully saturated rings. The molecule has 6 nitrogen and oxygen atoms in total. The number of aromatic nitrogens is 2. The summed E-state index contributed by atoms with van der Waals surface area (Å²) in [7, 11) is 0. The lowest BCUT2D eigenvalue weighted by atomic mass is 10.2. The average molecular weight is 220 g/mol. The highest BCUT2D eigenvalue weighted by Crippen LogP contribution is 2.05. The molecule has 1 unspecified atom stereocenters. The fourth-order valence-electron chi connectivity index (χ4n) is 1.04. The quantitative estimate of drug-likeness (QED) is 0.778. The van der Waals surface area contributed by atoms with Crippen molar-refractivity contribution in [1.82, 2.24) is 9.97 Å². The van der Waals surface area contributed by atoms with Gasteiger partial charge in [0.15, 0.2) is 0 Å². The molecule has 0 aliphatic heterocycles. The Morgan fingerprint density at radius 3 is 2.94 bits per heavy atom. The third-order valence-corrected chi connectivity index (χ3v) is 1.96. The van der Waals surface area contributed by atoms with E-state index in [0.717, 1.165) is 0 Å². The SMILES string of the molecule is Cc1cc(C#N)nc(NCC(C)C(=O)O)n1. The Kier molecular flexibility index (Phi) is 3.78. The summed E-state index contributed by atoms with van der Waals surface area (Å²) in [6.07, 6.45) is 0. The Bertz CT molecular complexity index is 439. The number of aliphatic carboxylic acids is 1. The standard InChI is InChI=1S/C10H12N4O2/c1-6(9(15)16)5-12-10-13-7(2)3-8(4-11)14-10/h3,6H,5H2,1-2H3,(H,15,16)(H,12,13,14). The van der Waals surface area contributed by atoms with Crippen molar-refractivity contribution in [3.63, 3.8) is 0 Å². The van der Waals surface area contributed by atoms with Crippen molar-refractivity contribution < 1.29 is 9.90 Å². The monoisotopic (exact) mass is 220 g/mol. The summed E-state index contributed by atoms with van der Waals surface area (Å²) >= 11 is 0. The van der Waals surface area contributed by atoms with Gasteiger partial charge in [0.1, 0.15) is 11.8 Å². The molecule has 0 saturated heterocycles. The number of hydrogen-bond donors (Lipinski definition) is 2. The fraction of sp³-hybridized carbons (Fsp3) is 0.400. The van der Waals surface area contributed by atoms with Crippen LogP contribution in [0.15, 0.2) is 6.07 Å². The maximum Gasteiger partial charge on any atom is 0.308 e. The highest BCUT2D eigenvalue weighted by molar-refractivity contribution is 5.70. The van der Waals surface area contributed by atoms with Crippen LogP contribution in [0.5, 0.6) is 0 Å². The molecule has 0 aromatic carbocycles. The molecular formula is C10H12N4O2. The van der Waals surface area contributed by atoms with E-state index in [9.17, 15) is 4.79 Å². The second kappa shape index (κ2) is 5.07. The number of aryl methyl sites for hydroxylation is 1. The maximum atomic E-state index is 10.6. The smallest absolute Gasteiger partial charge is 0.308 e. The van der Waals surface area contributed by atoms with Crippen molar-refractivity contribution in [1.29, 1.82) is 5.26 Å². The number of nitrogens with one attached hydrogen (secondary N) is 1. The molecule has 1 atom stereocenters. The van der Waals surface area contributed by atoms with Gasteiger partial charge < -0.3 is 10.4 Å². The minimum Gasteiger partial charge on any atom is -0.481 e. The molecule has 1 heterocycles. The van der Waals surface area contributed by atoms with Gasteiger partial charge in [0.2, 0.25) is 5.95 Å². The molecule has 6 heteroatoms. The first-order chi connectivity index (χ1) is 7.52. The van der Waals surface area contributed by atoms with Crippen LogP contribution < -0.4 is 5.32 Å². The average Bonchev–Trinajstić information content (AvgIpc) is 2.24. The van der Waals surface area contributed by atoms with Crippen LogP contribution in [0.3, 0.4) is 0 Å². The summed E-state index contributed by atoms with van der Waals surface area (Å²) in [5.41, 5.74) is 0.926. The molecule has 16 heavy (non-hydrogen) atoms. The van der Waals surface area contributed by atoms with Crippen molar-refractivity contribution in [3.05, 3.63) is 17.5 Å². The number of rotatable bonds is 4. The Labute approximate surface area is 93.0 Å². The second-order valence-electron chi connectivity index (χ2n) is 3.45. The van der Waals surface area contributed by atoms with Crippen molar-refractivity contribution in [2.24, 2.45) is 5.92 Å². The van der Waals surface area contributed by atoms with Gasteiger partial charge in [0, 0.05) is 12.2 Å². The molecule has 84 valence electrons. The van der Waals surface area contributed by atoms with Gasteiger partial charge in [-0.25, -0.2) is 9.97 Å². The van der Waals surface area contributed by atoms with Gasteiger partial charge in [-0.3, -0.25) is 4.79 Å². The molecule has 0 saturated carbocycles. The highest BCUT2D eigenvalue weighted by atomic mass is 16.4. The van der Waals surface area contributed by atoms with E-state index >= 15 is 0 Å². The molecular weight excluding hydrogens is 208 g/mol. The van der Waals surface area contributed by atoms with Crippen molar-refractivity contribution in [2.75, 3.05) is 11.9 Å². The van der Waals surface area contributed by atoms with E-state index in [1.807, 2.05) is 6.07 Å². The van der Waals surface area contributed by atoms with Gasteiger partial charge in [-0.1, -0.05) is 6.92 Å². The van der Waals surface area contributed by atoms with Gasteiger partial charge in [-0.05, 0) is 13.0 Å². The first kappa shape index (κ1) is 11.9. The highest BCUT2D eigenvalue weighted by Gasteiger charge is 2.11. The van der Waals surface area contributed by atoms with Gasteiger partial charge >= 0.3 is 5.97 Å². The Morgan fingerprint density at radius 1 is 1.69 bits per heavy atom. The summed E-state index contributed by atoms with van der Waals surface area (Å²) in [5.74, 6) is -1.14. The van der Waals surface area contributed by atoms with Gasteiger partial charge in [-0.15, -0.1) is 0 Å². The van der Waals surface area contributed by atoms with Crippen molar-refractivity contribution in [2.45, 2.75) is 13.8 Å². The van der Waals surface area contributed by atoms with Crippen LogP contribution in [-0.4, -0.2) is 27.6 Å². The van der Waals surface area contributed by atoms with Crippen LogP contribution >= 0.6 is 0 Å². The summed E-state index contributed by atoms with van der Waals surface area (Å²) < 4.78 is 0. The van der Waals surface area contributed by atoms with Gasteiger partial charge in [0.25, 0.3) is 0 Å². The van der Waals surface area contributed by atoms with Crippen LogP contribution in [0.2, 0.25) is 0 Å². The van der Waals surface area contributed by atoms with Gasteiger partial charge in [0.05, 0.1) is 5.92 Å². The van der Waals surface area contributed by atoms with E-state index in [1.54, 1.807) is 19.9 Å². The van der Waals surface area contributed by atoms with Crippen molar-refractivity contribution in [3.8, 4) is 6.07 Å². The predicted molar refractivity (Wildman–Crippen MR) is 56.8 cm³/mol. The third-order valence-electron chi connectivity index (χ3n) is 1.96. The van der Waals surface area contributed by atoms with E-state index < -0.39 is 11.9 Å². The molecule has 2 N–H and O–H groups in total. The maximum absolute atomic E-state index is 10.6. The molecule has 0 amide bonds. The lowest BCUT2D eigenvalue weighted by Gasteiger charge is -2.08. The van der Waals surface area contributed by atoms with Crippen LogP contribution in [0.1, 0.15) is 18.3 Å². The first-order valence-electron chi connectivity index (χ1n) is 4.75. The predicted octanol–water partition coefficient (Wildman–Crippen LogP) is 0.789. The zero-order valence-corrected chi connectivity index (χ0v) is 9.06. The Morgan fingerprint density at radius 2 is 2.38 bits per heavy atom. The molecule has 0 radical (unpaired) electrons. The lowest BCUT2D eigenvalue weighted by molar-refractivity contribution is -0.140. The van der Waals surface area contributed by atoms with Crippen LogP contribution in [0.25, 0.3) is 0 Å². The number of hydrogen-bond acceptors (Lipinski definition) is 5. The minimum atomic E-state index is -0.888. The second-order valence-corrected chi connectivity index (χ2v) is 3.45. The third kappa shape index (κ3) is 3.20. The summed E-state index contributed by atoms with van der Waals surface area (Å²) in [6.45, 7) is 3.55. The van der Waals surface area contributed by atoms with E-state index in [1.165, 1.54) is 0 Å². The fourth-order valence-corrected chi connectivity index (χ4v) is 1.04. The van der Waals surface area contributed by atoms with E-state index in [-0.39, 0.29) is 18.2 Å². The van der Waals surface area contributed by atoms with Crippen LogP contribution in [0.4, 0.5) is 5.95 Å². The summed E-state index contributed by atoms with van der Waals surface area (Å²) in [4.78, 5) is 18.5. The first-order valence-corrected chi connectivity index (χ1v) is 4.75. The lowest BCUT2D eigenvalue weighted by Crippen LogP contribution is -2.20. The minimum absolute atomic E-state index is 0.226. The number of nitriles is 1. The molecule has 0 bridgehead atoms. The summed E-state index contributed by atoms with van der Waals surface area (Å²) in [6, 6.07) is 3.47. The summed E-state index contributed by atoms with van der Waals surface area (Å²) in [5, 5.41) is 20.2. The van der Waals surface area contributed by atoms with Crippen molar-refractivity contribution >= 4 is 11.9 Å². The van der Waals surface area contributed by atoms with E-state index in [0.29, 0.717) is 5.69 Å². The number of carboxylic acids is 1. The zero-order valence-electron chi connectivity index (χ0n) is 9.06. The van der Waals surface area contributed by atoms with E-state index in [4.69, 9.17) is 10.4 Å². The number of carbonyl (C=O) groups is 1. The van der Waals surface area contributed by atoms with Gasteiger partial charge in [-0.2, -0.15) is 5.26 Å². The normalized spacial score (nSPS) is 11.6. The molecule has 0 spiro atoms. The van der Waals surface area contributed by atoms with Crippen LogP contribution in [0, 0.1) is 24.2 Å². The number of anilines is 1. The van der Waals surface area contributed by atoms with Crippen LogP contribution in [-0.2, 0) is 4.79 Å². The molecule has 1 rings (SSSR count). The van der Waals surface area contributed by atoms with E-state index in [2.05, 4.69) is 15.3 Å². The largest absolute Gasteiger partial charge is 0.481 e. The zero-order chi connectivity index (χ0) is 12.1. The molecule has 0 aliphatic carbocycles. The number of nitrogens with zero attached hydrogens (tertiary/aromatic N) is 3. The Balaban J connectivity index is 2.71. The Hall–Kier alpha value is -2.16. The molecule has 1 aromatic heterocycles. The molecule has 0 aliphatic rings. The molecule has 1 aromatic rings. The topological polar surface area (TPSA) is 98.9 Å².